The Bertz CT molecular complexity index is 480. The number of carbonyl (C=O) groups excluding carboxylic acids is 1. The fourth-order valence-corrected chi connectivity index (χ4v) is 1.74. The molecule has 2 N–H and O–H groups in total. The van der Waals surface area contributed by atoms with Crippen molar-refractivity contribution < 1.29 is 23.5 Å². The van der Waals surface area contributed by atoms with E-state index in [0.717, 1.165) is 18.2 Å². The summed E-state index contributed by atoms with van der Waals surface area (Å²) in [6.07, 6.45) is 1.38. The van der Waals surface area contributed by atoms with Crippen LogP contribution in [0.3, 0.4) is 0 Å². The van der Waals surface area contributed by atoms with Gasteiger partial charge in [0.05, 0.1) is 0 Å². The number of carbonyl (C=O) groups is 2. The van der Waals surface area contributed by atoms with Crippen molar-refractivity contribution in [2.75, 3.05) is 0 Å². The highest BCUT2D eigenvalue weighted by Crippen LogP contribution is 2.33. The molecule has 1 fully saturated rings. The Labute approximate surface area is 102 Å². The highest BCUT2D eigenvalue weighted by molar-refractivity contribution is 5.97. The van der Waals surface area contributed by atoms with E-state index in [0.29, 0.717) is 12.8 Å². The van der Waals surface area contributed by atoms with Crippen LogP contribution in [0.15, 0.2) is 18.2 Å². The molecule has 2 rings (SSSR count). The third kappa shape index (κ3) is 2.47. The van der Waals surface area contributed by atoms with Crippen LogP contribution in [0.5, 0.6) is 0 Å². The predicted octanol–water partition coefficient (Wildman–Crippen LogP) is 1.56. The second kappa shape index (κ2) is 4.72. The molecule has 6 heteroatoms. The number of aliphatic carboxylic acids is 1. The monoisotopic (exact) mass is 255 g/mol. The lowest BCUT2D eigenvalue weighted by Gasteiger charge is -2.14. The van der Waals surface area contributed by atoms with Crippen molar-refractivity contribution in [1.29, 1.82) is 0 Å². The molecule has 1 aromatic carbocycles. The Kier molecular flexibility index (Phi) is 3.27. The number of carboxylic acid groups (broad SMARTS) is 1. The maximum atomic E-state index is 13.3. The van der Waals surface area contributed by atoms with Gasteiger partial charge in [-0.3, -0.25) is 4.79 Å². The maximum Gasteiger partial charge on any atom is 0.326 e. The molecule has 1 aliphatic rings. The number of amides is 1. The first-order valence-electron chi connectivity index (χ1n) is 5.48. The van der Waals surface area contributed by atoms with Gasteiger partial charge in [-0.1, -0.05) is 6.07 Å². The average molecular weight is 255 g/mol. The van der Waals surface area contributed by atoms with Crippen molar-refractivity contribution in [3.05, 3.63) is 35.4 Å². The Morgan fingerprint density at radius 2 is 1.83 bits per heavy atom. The van der Waals surface area contributed by atoms with Crippen molar-refractivity contribution in [1.82, 2.24) is 5.32 Å². The minimum absolute atomic E-state index is 0.152. The normalized spacial score (nSPS) is 16.1. The zero-order valence-electron chi connectivity index (χ0n) is 9.32. The molecule has 0 heterocycles. The summed E-state index contributed by atoms with van der Waals surface area (Å²) >= 11 is 0. The summed E-state index contributed by atoms with van der Waals surface area (Å²) < 4.78 is 26.6. The summed E-state index contributed by atoms with van der Waals surface area (Å²) in [5, 5.41) is 11.1. The Morgan fingerprint density at radius 3 is 2.28 bits per heavy atom. The van der Waals surface area contributed by atoms with Crippen molar-refractivity contribution in [3.8, 4) is 0 Å². The first-order valence-corrected chi connectivity index (χ1v) is 5.48. The number of carboxylic acids is 1. The number of hydrogen-bond donors (Lipinski definition) is 2. The Morgan fingerprint density at radius 1 is 1.28 bits per heavy atom. The Balaban J connectivity index is 2.18. The fourth-order valence-electron chi connectivity index (χ4n) is 1.74. The topological polar surface area (TPSA) is 66.4 Å². The number of rotatable bonds is 4. The van der Waals surface area contributed by atoms with Gasteiger partial charge in [-0.15, -0.1) is 0 Å². The highest BCUT2D eigenvalue weighted by atomic mass is 19.1. The van der Waals surface area contributed by atoms with E-state index in [1.807, 2.05) is 0 Å². The van der Waals surface area contributed by atoms with Crippen LogP contribution in [-0.4, -0.2) is 23.0 Å². The van der Waals surface area contributed by atoms with E-state index in [1.54, 1.807) is 0 Å². The third-order valence-corrected chi connectivity index (χ3v) is 2.84. The van der Waals surface area contributed by atoms with E-state index in [2.05, 4.69) is 5.32 Å². The lowest BCUT2D eigenvalue weighted by Crippen LogP contribution is -2.42. The van der Waals surface area contributed by atoms with Crippen LogP contribution in [-0.2, 0) is 4.79 Å². The zero-order valence-corrected chi connectivity index (χ0v) is 9.32. The van der Waals surface area contributed by atoms with Gasteiger partial charge >= 0.3 is 5.97 Å². The molecule has 0 aromatic heterocycles. The molecular formula is C12H11F2NO3. The van der Waals surface area contributed by atoms with E-state index in [1.165, 1.54) is 0 Å². The van der Waals surface area contributed by atoms with Gasteiger partial charge in [0.25, 0.3) is 5.91 Å². The fraction of sp³-hybridized carbons (Fsp3) is 0.333. The SMILES string of the molecule is O=C(NC(C(=O)O)C1CC1)c1c(F)cccc1F. The molecule has 1 aromatic rings. The van der Waals surface area contributed by atoms with E-state index in [9.17, 15) is 18.4 Å². The Hall–Kier alpha value is -1.98. The molecule has 0 spiro atoms. The summed E-state index contributed by atoms with van der Waals surface area (Å²) in [7, 11) is 0. The van der Waals surface area contributed by atoms with E-state index >= 15 is 0 Å². The second-order valence-electron chi connectivity index (χ2n) is 4.22. The first kappa shape index (κ1) is 12.5. The standard InChI is InChI=1S/C12H11F2NO3/c13-7-2-1-3-8(14)9(7)11(16)15-10(12(17)18)6-4-5-6/h1-3,6,10H,4-5H2,(H,15,16)(H,17,18). The molecule has 18 heavy (non-hydrogen) atoms. The van der Waals surface area contributed by atoms with Gasteiger partial charge in [0.15, 0.2) is 0 Å². The summed E-state index contributed by atoms with van der Waals surface area (Å²) in [5.74, 6) is -4.39. The van der Waals surface area contributed by atoms with E-state index < -0.39 is 35.1 Å². The smallest absolute Gasteiger partial charge is 0.326 e. The van der Waals surface area contributed by atoms with Gasteiger partial charge in [0.2, 0.25) is 0 Å². The number of halogens is 2. The van der Waals surface area contributed by atoms with Crippen molar-refractivity contribution in [2.24, 2.45) is 5.92 Å². The van der Waals surface area contributed by atoms with Crippen LogP contribution in [0, 0.1) is 17.6 Å². The highest BCUT2D eigenvalue weighted by Gasteiger charge is 2.38. The van der Waals surface area contributed by atoms with Crippen LogP contribution in [0.1, 0.15) is 23.2 Å². The molecule has 1 amide bonds. The molecule has 0 aliphatic heterocycles. The van der Waals surface area contributed by atoms with Crippen molar-refractivity contribution >= 4 is 11.9 Å². The lowest BCUT2D eigenvalue weighted by molar-refractivity contribution is -0.139. The quantitative estimate of drug-likeness (QED) is 0.858. The van der Waals surface area contributed by atoms with Gasteiger partial charge in [-0.05, 0) is 30.9 Å². The van der Waals surface area contributed by atoms with Crippen LogP contribution in [0.2, 0.25) is 0 Å². The average Bonchev–Trinajstić information content (AvgIpc) is 3.09. The molecule has 1 aliphatic carbocycles. The minimum atomic E-state index is -1.19. The number of nitrogens with one attached hydrogen (secondary N) is 1. The number of hydrogen-bond acceptors (Lipinski definition) is 2. The van der Waals surface area contributed by atoms with Gasteiger partial charge in [0.1, 0.15) is 23.2 Å². The van der Waals surface area contributed by atoms with Gasteiger partial charge in [0, 0.05) is 0 Å². The first-order chi connectivity index (χ1) is 8.50. The zero-order chi connectivity index (χ0) is 13.3. The molecule has 1 unspecified atom stereocenters. The molecule has 0 radical (unpaired) electrons. The third-order valence-electron chi connectivity index (χ3n) is 2.84. The maximum absolute atomic E-state index is 13.3. The van der Waals surface area contributed by atoms with Crippen molar-refractivity contribution in [3.63, 3.8) is 0 Å². The second-order valence-corrected chi connectivity index (χ2v) is 4.22. The molecule has 0 saturated heterocycles. The summed E-state index contributed by atoms with van der Waals surface area (Å²) in [5.41, 5.74) is -0.746. The molecule has 1 atom stereocenters. The van der Waals surface area contributed by atoms with E-state index in [4.69, 9.17) is 5.11 Å². The van der Waals surface area contributed by atoms with Gasteiger partial charge in [-0.2, -0.15) is 0 Å². The molecular weight excluding hydrogens is 244 g/mol. The van der Waals surface area contributed by atoms with Crippen molar-refractivity contribution in [2.45, 2.75) is 18.9 Å². The summed E-state index contributed by atoms with van der Waals surface area (Å²) in [6.45, 7) is 0. The van der Waals surface area contributed by atoms with Gasteiger partial charge in [-0.25, -0.2) is 13.6 Å². The lowest BCUT2D eigenvalue weighted by atomic mass is 10.1. The molecule has 4 nitrogen and oxygen atoms in total. The number of benzene rings is 1. The van der Waals surface area contributed by atoms with Gasteiger partial charge < -0.3 is 10.4 Å². The minimum Gasteiger partial charge on any atom is -0.480 e. The van der Waals surface area contributed by atoms with Crippen LogP contribution >= 0.6 is 0 Å². The summed E-state index contributed by atoms with van der Waals surface area (Å²) in [6, 6.07) is 1.95. The van der Waals surface area contributed by atoms with Crippen LogP contribution < -0.4 is 5.32 Å². The predicted molar refractivity (Wildman–Crippen MR) is 58.0 cm³/mol. The van der Waals surface area contributed by atoms with E-state index in [-0.39, 0.29) is 5.92 Å². The largest absolute Gasteiger partial charge is 0.480 e. The molecule has 1 saturated carbocycles. The molecule has 0 bridgehead atoms. The van der Waals surface area contributed by atoms with Crippen LogP contribution in [0.25, 0.3) is 0 Å². The van der Waals surface area contributed by atoms with Crippen LogP contribution in [0.4, 0.5) is 8.78 Å². The summed E-state index contributed by atoms with van der Waals surface area (Å²) in [4.78, 5) is 22.6. The molecule has 96 valence electrons.